The van der Waals surface area contributed by atoms with Gasteiger partial charge in [0, 0.05) is 24.9 Å². The number of aromatic nitrogens is 3. The Labute approximate surface area is 194 Å². The molecule has 1 amide bonds. The third-order valence-electron chi connectivity index (χ3n) is 5.73. The van der Waals surface area contributed by atoms with Crippen LogP contribution in [0.2, 0.25) is 0 Å². The van der Waals surface area contributed by atoms with Crippen LogP contribution in [0.4, 0.5) is 20.2 Å². The summed E-state index contributed by atoms with van der Waals surface area (Å²) in [4.78, 5) is 37.1. The molecule has 0 radical (unpaired) electrons. The van der Waals surface area contributed by atoms with E-state index in [4.69, 9.17) is 5.26 Å². The van der Waals surface area contributed by atoms with Crippen molar-refractivity contribution in [3.63, 3.8) is 0 Å². The Balaban J connectivity index is 1.42. The van der Waals surface area contributed by atoms with Crippen LogP contribution in [0.1, 0.15) is 53.8 Å². The molecule has 4 rings (SSSR count). The highest BCUT2D eigenvalue weighted by atomic mass is 19.1. The van der Waals surface area contributed by atoms with Gasteiger partial charge in [-0.2, -0.15) is 5.26 Å². The Bertz CT molecular complexity index is 1290. The summed E-state index contributed by atoms with van der Waals surface area (Å²) < 4.78 is 28.1. The van der Waals surface area contributed by atoms with Gasteiger partial charge in [-0.1, -0.05) is 0 Å². The Morgan fingerprint density at radius 3 is 2.56 bits per heavy atom. The molecule has 1 saturated carbocycles. The summed E-state index contributed by atoms with van der Waals surface area (Å²) in [7, 11) is 0. The van der Waals surface area contributed by atoms with E-state index in [0.29, 0.717) is 24.1 Å². The molecule has 8 nitrogen and oxygen atoms in total. The van der Waals surface area contributed by atoms with E-state index in [1.165, 1.54) is 43.1 Å². The zero-order valence-electron chi connectivity index (χ0n) is 18.2. The van der Waals surface area contributed by atoms with Crippen LogP contribution in [0.3, 0.4) is 0 Å². The average Bonchev–Trinajstić information content (AvgIpc) is 3.61. The van der Waals surface area contributed by atoms with Crippen LogP contribution in [0.5, 0.6) is 0 Å². The van der Waals surface area contributed by atoms with Crippen molar-refractivity contribution in [1.82, 2.24) is 20.3 Å². The summed E-state index contributed by atoms with van der Waals surface area (Å²) in [5.74, 6) is -1.78. The molecule has 0 saturated heterocycles. The summed E-state index contributed by atoms with van der Waals surface area (Å²) in [6, 6.07) is 5.94. The van der Waals surface area contributed by atoms with Gasteiger partial charge in [0.2, 0.25) is 5.91 Å². The Kier molecular flexibility index (Phi) is 6.27. The maximum atomic E-state index is 14.8. The lowest BCUT2D eigenvalue weighted by atomic mass is 9.95. The number of Topliss-reactive ketones (excluding diaryl/α,β-unsaturated/α-hetero) is 1. The van der Waals surface area contributed by atoms with Gasteiger partial charge in [-0.15, -0.1) is 0 Å². The number of rotatable bonds is 8. The van der Waals surface area contributed by atoms with Gasteiger partial charge in [0.15, 0.2) is 5.78 Å². The van der Waals surface area contributed by atoms with Crippen molar-refractivity contribution in [2.75, 3.05) is 5.32 Å². The molecule has 1 fully saturated rings. The average molecular weight is 462 g/mol. The molecule has 2 N–H and O–H groups in total. The first-order valence-electron chi connectivity index (χ1n) is 10.5. The van der Waals surface area contributed by atoms with Crippen LogP contribution in [0.25, 0.3) is 0 Å². The SMILES string of the molecule is CC(NC(=O)C1(CC(=O)c2cncnc2)CC1)c1ncc(Nc2ccc(F)cc2C#N)cc1F. The van der Waals surface area contributed by atoms with E-state index >= 15 is 0 Å². The summed E-state index contributed by atoms with van der Waals surface area (Å²) >= 11 is 0. The van der Waals surface area contributed by atoms with Crippen LogP contribution < -0.4 is 10.6 Å². The van der Waals surface area contributed by atoms with Crippen LogP contribution in [0.15, 0.2) is 49.2 Å². The highest BCUT2D eigenvalue weighted by Crippen LogP contribution is 2.50. The second-order valence-corrected chi connectivity index (χ2v) is 8.22. The Morgan fingerprint density at radius 2 is 1.91 bits per heavy atom. The monoisotopic (exact) mass is 462 g/mol. The maximum absolute atomic E-state index is 14.8. The molecule has 1 atom stereocenters. The molecule has 10 heteroatoms. The van der Waals surface area contributed by atoms with Crippen molar-refractivity contribution in [3.05, 3.63) is 77.6 Å². The first-order valence-corrected chi connectivity index (χ1v) is 10.5. The quantitative estimate of drug-likeness (QED) is 0.486. The number of benzene rings is 1. The number of anilines is 2. The molecule has 172 valence electrons. The van der Waals surface area contributed by atoms with E-state index < -0.39 is 23.1 Å². The largest absolute Gasteiger partial charge is 0.353 e. The molecule has 2 heterocycles. The number of pyridine rings is 1. The van der Waals surface area contributed by atoms with E-state index in [1.807, 2.05) is 6.07 Å². The number of nitriles is 1. The smallest absolute Gasteiger partial charge is 0.227 e. The van der Waals surface area contributed by atoms with Gasteiger partial charge in [0.1, 0.15) is 24.0 Å². The van der Waals surface area contributed by atoms with E-state index in [-0.39, 0.29) is 35.1 Å². The molecule has 1 aliphatic rings. The first kappa shape index (κ1) is 22.9. The molecule has 2 aromatic heterocycles. The van der Waals surface area contributed by atoms with Crippen LogP contribution in [-0.2, 0) is 4.79 Å². The Morgan fingerprint density at radius 1 is 1.18 bits per heavy atom. The van der Waals surface area contributed by atoms with Crippen LogP contribution >= 0.6 is 0 Å². The predicted molar refractivity (Wildman–Crippen MR) is 118 cm³/mol. The molecule has 1 aromatic carbocycles. The van der Waals surface area contributed by atoms with Crippen molar-refractivity contribution < 1.29 is 18.4 Å². The fourth-order valence-electron chi connectivity index (χ4n) is 3.61. The predicted octanol–water partition coefficient (Wildman–Crippen LogP) is 4.00. The second kappa shape index (κ2) is 9.31. The number of carbonyl (C=O) groups is 2. The summed E-state index contributed by atoms with van der Waals surface area (Å²) in [6.07, 6.45) is 6.64. The number of carbonyl (C=O) groups excluding carboxylic acids is 2. The number of nitrogens with zero attached hydrogens (tertiary/aromatic N) is 4. The second-order valence-electron chi connectivity index (χ2n) is 8.22. The van der Waals surface area contributed by atoms with E-state index in [0.717, 1.165) is 6.07 Å². The molecule has 0 aliphatic heterocycles. The van der Waals surface area contributed by atoms with Crippen molar-refractivity contribution in [2.24, 2.45) is 5.41 Å². The molecule has 0 spiro atoms. The number of hydrogen-bond acceptors (Lipinski definition) is 7. The maximum Gasteiger partial charge on any atom is 0.227 e. The molecule has 3 aromatic rings. The molecular formula is C24H20F2N6O2. The van der Waals surface area contributed by atoms with Gasteiger partial charge in [0.25, 0.3) is 0 Å². The van der Waals surface area contributed by atoms with Crippen molar-refractivity contribution >= 4 is 23.1 Å². The molecule has 1 unspecified atom stereocenters. The molecule has 34 heavy (non-hydrogen) atoms. The molecular weight excluding hydrogens is 442 g/mol. The fraction of sp³-hybridized carbons (Fsp3) is 0.250. The van der Waals surface area contributed by atoms with Gasteiger partial charge in [-0.25, -0.2) is 18.7 Å². The van der Waals surface area contributed by atoms with Crippen molar-refractivity contribution in [2.45, 2.75) is 32.2 Å². The van der Waals surface area contributed by atoms with E-state index in [1.54, 1.807) is 6.92 Å². The minimum atomic E-state index is -0.824. The number of ketones is 1. The topological polar surface area (TPSA) is 121 Å². The summed E-state index contributed by atoms with van der Waals surface area (Å²) in [5, 5.41) is 14.8. The van der Waals surface area contributed by atoms with Crippen molar-refractivity contribution in [1.29, 1.82) is 5.26 Å². The van der Waals surface area contributed by atoms with Crippen LogP contribution in [0, 0.1) is 28.4 Å². The standard InChI is InChI=1S/C24H20F2N6O2/c1-14(31-23(34)24(4-5-24)8-21(33)16-10-28-13-29-11-16)22-19(26)7-18(12-30-22)32-20-3-2-17(25)6-15(20)9-27/h2-3,6-7,10-14,32H,4-5,8H2,1H3,(H,31,34). The number of nitrogens with one attached hydrogen (secondary N) is 2. The highest BCUT2D eigenvalue weighted by Gasteiger charge is 2.51. The van der Waals surface area contributed by atoms with E-state index in [2.05, 4.69) is 25.6 Å². The van der Waals surface area contributed by atoms with Gasteiger partial charge < -0.3 is 10.6 Å². The molecule has 0 bridgehead atoms. The lowest BCUT2D eigenvalue weighted by Gasteiger charge is -2.20. The zero-order valence-corrected chi connectivity index (χ0v) is 18.2. The summed E-state index contributed by atoms with van der Waals surface area (Å²) in [5.41, 5.74) is 0.176. The lowest BCUT2D eigenvalue weighted by Crippen LogP contribution is -2.36. The minimum Gasteiger partial charge on any atom is -0.353 e. The first-order chi connectivity index (χ1) is 16.3. The summed E-state index contributed by atoms with van der Waals surface area (Å²) in [6.45, 7) is 1.60. The minimum absolute atomic E-state index is 0.0244. The number of amides is 1. The van der Waals surface area contributed by atoms with Gasteiger partial charge >= 0.3 is 0 Å². The van der Waals surface area contributed by atoms with Gasteiger partial charge in [-0.05, 0) is 38.0 Å². The third-order valence-corrected chi connectivity index (χ3v) is 5.73. The number of hydrogen-bond donors (Lipinski definition) is 2. The number of halogens is 2. The van der Waals surface area contributed by atoms with E-state index in [9.17, 15) is 18.4 Å². The zero-order chi connectivity index (χ0) is 24.3. The van der Waals surface area contributed by atoms with Gasteiger partial charge in [0.05, 0.1) is 45.8 Å². The lowest BCUT2D eigenvalue weighted by molar-refractivity contribution is -0.127. The fourth-order valence-corrected chi connectivity index (χ4v) is 3.61. The Hall–Kier alpha value is -4.26. The third kappa shape index (κ3) is 4.88. The molecule has 1 aliphatic carbocycles. The highest BCUT2D eigenvalue weighted by molar-refractivity contribution is 6.00. The van der Waals surface area contributed by atoms with Gasteiger partial charge in [-0.3, -0.25) is 14.6 Å². The van der Waals surface area contributed by atoms with Crippen LogP contribution in [-0.4, -0.2) is 26.6 Å². The normalized spacial score (nSPS) is 14.5. The van der Waals surface area contributed by atoms with Crippen molar-refractivity contribution in [3.8, 4) is 6.07 Å².